The molecule has 118 valence electrons. The van der Waals surface area contributed by atoms with Crippen LogP contribution in [0.4, 0.5) is 5.69 Å². The van der Waals surface area contributed by atoms with Crippen LogP contribution in [-0.4, -0.2) is 28.7 Å². The van der Waals surface area contributed by atoms with Crippen molar-refractivity contribution in [1.82, 2.24) is 4.98 Å². The molecule has 6 nitrogen and oxygen atoms in total. The Morgan fingerprint density at radius 3 is 2.17 bits per heavy atom. The molecular formula is C17H16N2O4. The maximum Gasteiger partial charge on any atom is 0.339 e. The van der Waals surface area contributed by atoms with Crippen LogP contribution in [0.2, 0.25) is 0 Å². The second-order valence-electron chi connectivity index (χ2n) is 4.91. The van der Waals surface area contributed by atoms with Crippen molar-refractivity contribution in [3.63, 3.8) is 0 Å². The van der Waals surface area contributed by atoms with E-state index in [1.54, 1.807) is 24.3 Å². The molecule has 0 aliphatic carbocycles. The van der Waals surface area contributed by atoms with E-state index >= 15 is 0 Å². The third-order valence-electron chi connectivity index (χ3n) is 3.13. The Morgan fingerprint density at radius 2 is 1.61 bits per heavy atom. The zero-order valence-corrected chi connectivity index (χ0v) is 12.8. The van der Waals surface area contributed by atoms with Crippen molar-refractivity contribution < 1.29 is 19.1 Å². The molecule has 0 bridgehead atoms. The fraction of sp³-hybridized carbons (Fsp3) is 0.176. The van der Waals surface area contributed by atoms with E-state index in [1.165, 1.54) is 38.4 Å². The molecule has 1 aromatic heterocycles. The van der Waals surface area contributed by atoms with Crippen LogP contribution < -0.4 is 5.32 Å². The van der Waals surface area contributed by atoms with Crippen LogP contribution in [0.3, 0.4) is 0 Å². The highest BCUT2D eigenvalue weighted by molar-refractivity contribution is 5.98. The lowest BCUT2D eigenvalue weighted by atomic mass is 10.1. The number of hydrogen-bond acceptors (Lipinski definition) is 5. The number of rotatable bonds is 5. The summed E-state index contributed by atoms with van der Waals surface area (Å²) in [6.07, 6.45) is 1.98. The van der Waals surface area contributed by atoms with Gasteiger partial charge in [0.2, 0.25) is 0 Å². The predicted molar refractivity (Wildman–Crippen MR) is 84.2 cm³/mol. The summed E-state index contributed by atoms with van der Waals surface area (Å²) in [5.74, 6) is -1.10. The third kappa shape index (κ3) is 4.47. The summed E-state index contributed by atoms with van der Waals surface area (Å²) < 4.78 is 5.10. The van der Waals surface area contributed by atoms with Crippen molar-refractivity contribution >= 4 is 23.3 Å². The molecule has 0 saturated heterocycles. The van der Waals surface area contributed by atoms with Gasteiger partial charge in [0.1, 0.15) is 0 Å². The Balaban J connectivity index is 1.94. The van der Waals surface area contributed by atoms with E-state index in [2.05, 4.69) is 10.3 Å². The molecule has 0 spiro atoms. The number of anilines is 1. The minimum absolute atomic E-state index is 0.0532. The molecule has 1 heterocycles. The molecule has 0 unspecified atom stereocenters. The molecule has 23 heavy (non-hydrogen) atoms. The number of pyridine rings is 1. The van der Waals surface area contributed by atoms with Crippen molar-refractivity contribution in [2.45, 2.75) is 20.0 Å². The van der Waals surface area contributed by atoms with Crippen LogP contribution in [0.15, 0.2) is 48.8 Å². The van der Waals surface area contributed by atoms with Gasteiger partial charge >= 0.3 is 5.97 Å². The maximum absolute atomic E-state index is 12.0. The topological polar surface area (TPSA) is 85.4 Å². The lowest BCUT2D eigenvalue weighted by Gasteiger charge is -2.13. The van der Waals surface area contributed by atoms with Gasteiger partial charge in [-0.15, -0.1) is 0 Å². The van der Waals surface area contributed by atoms with E-state index in [0.717, 1.165) is 0 Å². The largest absolute Gasteiger partial charge is 0.449 e. The standard InChI is InChI=1S/C17H16N2O4/c1-11(20)13-3-5-15(6-4-13)19-16(21)12(2)23-17(22)14-7-9-18-10-8-14/h3-10,12H,1-2H3,(H,19,21)/t12-/m0/s1. The Bertz CT molecular complexity index is 711. The third-order valence-corrected chi connectivity index (χ3v) is 3.13. The number of Topliss-reactive ketones (excluding diaryl/α,β-unsaturated/α-hetero) is 1. The number of carbonyl (C=O) groups is 3. The van der Waals surface area contributed by atoms with Gasteiger partial charge in [-0.2, -0.15) is 0 Å². The molecule has 2 rings (SSSR count). The fourth-order valence-electron chi connectivity index (χ4n) is 1.80. The van der Waals surface area contributed by atoms with E-state index in [4.69, 9.17) is 4.74 Å². The van der Waals surface area contributed by atoms with Crippen LogP contribution in [-0.2, 0) is 9.53 Å². The number of ether oxygens (including phenoxy) is 1. The zero-order chi connectivity index (χ0) is 16.8. The lowest BCUT2D eigenvalue weighted by molar-refractivity contribution is -0.123. The average molecular weight is 312 g/mol. The Morgan fingerprint density at radius 1 is 1.00 bits per heavy atom. The summed E-state index contributed by atoms with van der Waals surface area (Å²) in [5, 5.41) is 2.62. The number of esters is 1. The molecule has 1 amide bonds. The van der Waals surface area contributed by atoms with Crippen LogP contribution in [0.1, 0.15) is 34.6 Å². The first-order chi connectivity index (χ1) is 11.0. The van der Waals surface area contributed by atoms with E-state index < -0.39 is 18.0 Å². The minimum Gasteiger partial charge on any atom is -0.449 e. The molecule has 2 aromatic rings. The molecule has 0 saturated carbocycles. The second kappa shape index (κ2) is 7.31. The van der Waals surface area contributed by atoms with E-state index in [1.807, 2.05) is 0 Å². The highest BCUT2D eigenvalue weighted by atomic mass is 16.5. The second-order valence-corrected chi connectivity index (χ2v) is 4.91. The molecule has 1 N–H and O–H groups in total. The summed E-state index contributed by atoms with van der Waals surface area (Å²) in [6.45, 7) is 2.95. The number of nitrogens with zero attached hydrogens (tertiary/aromatic N) is 1. The Labute approximate surface area is 133 Å². The van der Waals surface area contributed by atoms with Crippen molar-refractivity contribution in [3.05, 3.63) is 59.9 Å². The van der Waals surface area contributed by atoms with Gasteiger partial charge in [0.25, 0.3) is 5.91 Å². The average Bonchev–Trinajstić information content (AvgIpc) is 2.56. The summed E-state index contributed by atoms with van der Waals surface area (Å²) in [4.78, 5) is 38.9. The van der Waals surface area contributed by atoms with Gasteiger partial charge in [0, 0.05) is 23.6 Å². The number of benzene rings is 1. The molecule has 1 atom stereocenters. The number of nitrogens with one attached hydrogen (secondary N) is 1. The maximum atomic E-state index is 12.0. The normalized spacial score (nSPS) is 11.4. The molecular weight excluding hydrogens is 296 g/mol. The summed E-state index contributed by atoms with van der Waals surface area (Å²) >= 11 is 0. The number of ketones is 1. The monoisotopic (exact) mass is 312 g/mol. The number of aromatic nitrogens is 1. The lowest BCUT2D eigenvalue weighted by Crippen LogP contribution is -2.30. The first-order valence-electron chi connectivity index (χ1n) is 7.00. The predicted octanol–water partition coefficient (Wildman–Crippen LogP) is 2.47. The number of amides is 1. The van der Waals surface area contributed by atoms with Gasteiger partial charge in [0.05, 0.1) is 5.56 Å². The minimum atomic E-state index is -0.955. The molecule has 6 heteroatoms. The van der Waals surface area contributed by atoms with Crippen LogP contribution in [0.25, 0.3) is 0 Å². The molecule has 1 aromatic carbocycles. The van der Waals surface area contributed by atoms with E-state index in [0.29, 0.717) is 16.8 Å². The highest BCUT2D eigenvalue weighted by Crippen LogP contribution is 2.11. The van der Waals surface area contributed by atoms with Gasteiger partial charge in [-0.25, -0.2) is 4.79 Å². The summed E-state index contributed by atoms with van der Waals surface area (Å²) in [7, 11) is 0. The van der Waals surface area contributed by atoms with E-state index in [9.17, 15) is 14.4 Å². The summed E-state index contributed by atoms with van der Waals surface area (Å²) in [6, 6.07) is 9.48. The van der Waals surface area contributed by atoms with Gasteiger partial charge in [0.15, 0.2) is 11.9 Å². The Kier molecular flexibility index (Phi) is 5.19. The zero-order valence-electron chi connectivity index (χ0n) is 12.8. The van der Waals surface area contributed by atoms with Crippen molar-refractivity contribution in [2.75, 3.05) is 5.32 Å². The van der Waals surface area contributed by atoms with Gasteiger partial charge < -0.3 is 10.1 Å². The first kappa shape index (κ1) is 16.4. The van der Waals surface area contributed by atoms with Crippen LogP contribution in [0, 0.1) is 0 Å². The van der Waals surface area contributed by atoms with Crippen LogP contribution in [0.5, 0.6) is 0 Å². The SMILES string of the molecule is CC(=O)c1ccc(NC(=O)[C@H](C)OC(=O)c2ccncc2)cc1. The molecule has 0 aliphatic rings. The fourth-order valence-corrected chi connectivity index (χ4v) is 1.80. The molecule has 0 aliphatic heterocycles. The van der Waals surface area contributed by atoms with Crippen molar-refractivity contribution in [2.24, 2.45) is 0 Å². The van der Waals surface area contributed by atoms with Crippen molar-refractivity contribution in [1.29, 1.82) is 0 Å². The first-order valence-corrected chi connectivity index (χ1v) is 7.00. The highest BCUT2D eigenvalue weighted by Gasteiger charge is 2.19. The van der Waals surface area contributed by atoms with Gasteiger partial charge in [-0.05, 0) is 50.2 Å². The quantitative estimate of drug-likeness (QED) is 0.677. The van der Waals surface area contributed by atoms with Crippen LogP contribution >= 0.6 is 0 Å². The van der Waals surface area contributed by atoms with E-state index in [-0.39, 0.29) is 5.78 Å². The smallest absolute Gasteiger partial charge is 0.339 e. The van der Waals surface area contributed by atoms with Gasteiger partial charge in [-0.1, -0.05) is 0 Å². The van der Waals surface area contributed by atoms with Gasteiger partial charge in [-0.3, -0.25) is 14.6 Å². The molecule has 0 radical (unpaired) electrons. The number of carbonyl (C=O) groups excluding carboxylic acids is 3. The molecule has 0 fully saturated rings. The Hall–Kier alpha value is -3.02. The number of hydrogen-bond donors (Lipinski definition) is 1. The summed E-state index contributed by atoms with van der Waals surface area (Å²) in [5.41, 5.74) is 1.40. The van der Waals surface area contributed by atoms with Crippen molar-refractivity contribution in [3.8, 4) is 0 Å².